The van der Waals surface area contributed by atoms with Gasteiger partial charge in [0.05, 0.1) is 29.5 Å². The Morgan fingerprint density at radius 1 is 1.00 bits per heavy atom. The van der Waals surface area contributed by atoms with Crippen molar-refractivity contribution in [2.45, 2.75) is 0 Å². The van der Waals surface area contributed by atoms with Gasteiger partial charge in [-0.25, -0.2) is 0 Å². The van der Waals surface area contributed by atoms with Crippen molar-refractivity contribution in [2.75, 3.05) is 11.5 Å². The van der Waals surface area contributed by atoms with Crippen molar-refractivity contribution < 1.29 is 0 Å². The van der Waals surface area contributed by atoms with Crippen LogP contribution < -0.4 is 11.5 Å². The highest BCUT2D eigenvalue weighted by atomic mass is 14.7. The molecule has 0 saturated carbocycles. The SMILES string of the molecule is Nc1ccc(-c2ccncc2N)nc1. The van der Waals surface area contributed by atoms with Gasteiger partial charge in [0.1, 0.15) is 0 Å². The molecule has 0 aliphatic carbocycles. The molecule has 14 heavy (non-hydrogen) atoms. The molecule has 0 aromatic carbocycles. The molecule has 0 saturated heterocycles. The third-order valence-corrected chi connectivity index (χ3v) is 1.91. The van der Waals surface area contributed by atoms with Gasteiger partial charge in [-0.05, 0) is 18.2 Å². The first-order chi connectivity index (χ1) is 6.77. The summed E-state index contributed by atoms with van der Waals surface area (Å²) in [7, 11) is 0. The van der Waals surface area contributed by atoms with E-state index in [1.807, 2.05) is 12.1 Å². The summed E-state index contributed by atoms with van der Waals surface area (Å²) < 4.78 is 0. The lowest BCUT2D eigenvalue weighted by Gasteiger charge is -2.03. The van der Waals surface area contributed by atoms with Gasteiger partial charge in [0.15, 0.2) is 0 Å². The molecule has 0 spiro atoms. The molecule has 0 aliphatic rings. The van der Waals surface area contributed by atoms with Crippen molar-refractivity contribution in [1.29, 1.82) is 0 Å². The maximum Gasteiger partial charge on any atom is 0.0725 e. The number of aromatic nitrogens is 2. The number of nitrogens with zero attached hydrogens (tertiary/aromatic N) is 2. The van der Waals surface area contributed by atoms with Crippen LogP contribution in [0.5, 0.6) is 0 Å². The summed E-state index contributed by atoms with van der Waals surface area (Å²) >= 11 is 0. The highest BCUT2D eigenvalue weighted by Crippen LogP contribution is 2.22. The minimum Gasteiger partial charge on any atom is -0.397 e. The average molecular weight is 186 g/mol. The van der Waals surface area contributed by atoms with Gasteiger partial charge >= 0.3 is 0 Å². The van der Waals surface area contributed by atoms with Crippen LogP contribution in [-0.2, 0) is 0 Å². The van der Waals surface area contributed by atoms with Gasteiger partial charge in [-0.3, -0.25) is 9.97 Å². The van der Waals surface area contributed by atoms with Gasteiger partial charge in [-0.1, -0.05) is 0 Å². The summed E-state index contributed by atoms with van der Waals surface area (Å²) in [5, 5.41) is 0. The molecule has 0 aliphatic heterocycles. The molecule has 0 amide bonds. The highest BCUT2D eigenvalue weighted by molar-refractivity contribution is 5.72. The third-order valence-electron chi connectivity index (χ3n) is 1.91. The van der Waals surface area contributed by atoms with Gasteiger partial charge in [0, 0.05) is 11.8 Å². The molecule has 0 fully saturated rings. The predicted octanol–water partition coefficient (Wildman–Crippen LogP) is 1.31. The van der Waals surface area contributed by atoms with E-state index in [4.69, 9.17) is 11.5 Å². The number of anilines is 2. The van der Waals surface area contributed by atoms with Crippen molar-refractivity contribution in [2.24, 2.45) is 0 Å². The number of pyridine rings is 2. The fourth-order valence-electron chi connectivity index (χ4n) is 1.20. The summed E-state index contributed by atoms with van der Waals surface area (Å²) in [5.74, 6) is 0. The quantitative estimate of drug-likeness (QED) is 0.703. The largest absolute Gasteiger partial charge is 0.397 e. The lowest BCUT2D eigenvalue weighted by atomic mass is 10.1. The summed E-state index contributed by atoms with van der Waals surface area (Å²) in [6.45, 7) is 0. The zero-order valence-corrected chi connectivity index (χ0v) is 7.51. The van der Waals surface area contributed by atoms with Crippen LogP contribution >= 0.6 is 0 Å². The number of nitrogens with two attached hydrogens (primary N) is 2. The second kappa shape index (κ2) is 3.33. The molecule has 2 aromatic rings. The van der Waals surface area contributed by atoms with Crippen molar-refractivity contribution in [3.05, 3.63) is 36.8 Å². The molecule has 0 radical (unpaired) electrons. The molecular formula is C10H10N4. The average Bonchev–Trinajstić information content (AvgIpc) is 2.20. The Bertz CT molecular complexity index is 436. The maximum atomic E-state index is 5.76. The Balaban J connectivity index is 2.50. The molecule has 2 rings (SSSR count). The van der Waals surface area contributed by atoms with Crippen LogP contribution in [0.3, 0.4) is 0 Å². The first-order valence-electron chi connectivity index (χ1n) is 4.19. The standard InChI is InChI=1S/C10H10N4/c11-7-1-2-10(14-5-7)8-3-4-13-6-9(8)12/h1-6H,11-12H2. The van der Waals surface area contributed by atoms with E-state index < -0.39 is 0 Å². The number of nitrogen functional groups attached to an aromatic ring is 2. The van der Waals surface area contributed by atoms with E-state index in [2.05, 4.69) is 9.97 Å². The molecule has 4 heteroatoms. The zero-order valence-electron chi connectivity index (χ0n) is 7.51. The van der Waals surface area contributed by atoms with E-state index >= 15 is 0 Å². The molecule has 4 N–H and O–H groups in total. The van der Waals surface area contributed by atoms with Crippen molar-refractivity contribution in [1.82, 2.24) is 9.97 Å². The smallest absolute Gasteiger partial charge is 0.0725 e. The minimum absolute atomic E-state index is 0.616. The summed E-state index contributed by atoms with van der Waals surface area (Å²) in [4.78, 5) is 8.09. The van der Waals surface area contributed by atoms with Crippen LogP contribution in [0.15, 0.2) is 36.8 Å². The van der Waals surface area contributed by atoms with E-state index in [1.54, 1.807) is 24.7 Å². The van der Waals surface area contributed by atoms with Crippen molar-refractivity contribution in [3.8, 4) is 11.3 Å². The molecule has 2 heterocycles. The molecule has 0 atom stereocenters. The monoisotopic (exact) mass is 186 g/mol. The van der Waals surface area contributed by atoms with E-state index in [0.717, 1.165) is 11.3 Å². The lowest BCUT2D eigenvalue weighted by molar-refractivity contribution is 1.29. The summed E-state index contributed by atoms with van der Waals surface area (Å²) in [6.07, 6.45) is 4.90. The Kier molecular flexibility index (Phi) is 2.02. The normalized spacial score (nSPS) is 10.0. The molecule has 0 bridgehead atoms. The molecule has 0 unspecified atom stereocenters. The zero-order chi connectivity index (χ0) is 9.97. The van der Waals surface area contributed by atoms with E-state index in [0.29, 0.717) is 11.4 Å². The second-order valence-electron chi connectivity index (χ2n) is 2.94. The topological polar surface area (TPSA) is 77.8 Å². The van der Waals surface area contributed by atoms with E-state index in [1.165, 1.54) is 0 Å². The highest BCUT2D eigenvalue weighted by Gasteiger charge is 2.02. The van der Waals surface area contributed by atoms with Crippen LogP contribution in [0.25, 0.3) is 11.3 Å². The molecule has 4 nitrogen and oxygen atoms in total. The van der Waals surface area contributed by atoms with Gasteiger partial charge < -0.3 is 11.5 Å². The summed E-state index contributed by atoms with van der Waals surface area (Å²) in [6, 6.07) is 5.46. The fourth-order valence-corrected chi connectivity index (χ4v) is 1.20. The number of hydrogen-bond donors (Lipinski definition) is 2. The third kappa shape index (κ3) is 1.50. The first kappa shape index (κ1) is 8.50. The Hall–Kier alpha value is -2.10. The van der Waals surface area contributed by atoms with Gasteiger partial charge in [-0.15, -0.1) is 0 Å². The Labute approximate surface area is 81.6 Å². The second-order valence-corrected chi connectivity index (χ2v) is 2.94. The van der Waals surface area contributed by atoms with Crippen LogP contribution in [-0.4, -0.2) is 9.97 Å². The molecule has 70 valence electrons. The van der Waals surface area contributed by atoms with Crippen LogP contribution in [0, 0.1) is 0 Å². The first-order valence-corrected chi connectivity index (χ1v) is 4.19. The van der Waals surface area contributed by atoms with E-state index in [-0.39, 0.29) is 0 Å². The van der Waals surface area contributed by atoms with Gasteiger partial charge in [0.25, 0.3) is 0 Å². The van der Waals surface area contributed by atoms with Gasteiger partial charge in [0.2, 0.25) is 0 Å². The van der Waals surface area contributed by atoms with Crippen LogP contribution in [0.2, 0.25) is 0 Å². The maximum absolute atomic E-state index is 5.76. The Morgan fingerprint density at radius 2 is 1.86 bits per heavy atom. The van der Waals surface area contributed by atoms with Crippen LogP contribution in [0.4, 0.5) is 11.4 Å². The van der Waals surface area contributed by atoms with Gasteiger partial charge in [-0.2, -0.15) is 0 Å². The van der Waals surface area contributed by atoms with Crippen molar-refractivity contribution >= 4 is 11.4 Å². The molecular weight excluding hydrogens is 176 g/mol. The number of hydrogen-bond acceptors (Lipinski definition) is 4. The van der Waals surface area contributed by atoms with Crippen molar-refractivity contribution in [3.63, 3.8) is 0 Å². The predicted molar refractivity (Wildman–Crippen MR) is 56.3 cm³/mol. The van der Waals surface area contributed by atoms with E-state index in [9.17, 15) is 0 Å². The number of rotatable bonds is 1. The molecule has 2 aromatic heterocycles. The minimum atomic E-state index is 0.616. The Morgan fingerprint density at radius 3 is 2.50 bits per heavy atom. The summed E-state index contributed by atoms with van der Waals surface area (Å²) in [5.41, 5.74) is 14.2. The fraction of sp³-hybridized carbons (Fsp3) is 0. The van der Waals surface area contributed by atoms with Crippen LogP contribution in [0.1, 0.15) is 0 Å². The lowest BCUT2D eigenvalue weighted by Crippen LogP contribution is -1.93.